The summed E-state index contributed by atoms with van der Waals surface area (Å²) >= 11 is 3.45. The molecular weight excluding hydrogens is 290 g/mol. The van der Waals surface area contributed by atoms with Crippen molar-refractivity contribution in [2.24, 2.45) is 0 Å². The standard InChI is InChI=1S/C15H16BrNO/c16-14-9-8-13(17)11-15(14)18-10-4-7-12-5-2-1-3-6-12/h1-3,5-6,8-9,11H,4,7,10,17H2. The molecule has 18 heavy (non-hydrogen) atoms. The summed E-state index contributed by atoms with van der Waals surface area (Å²) in [6.45, 7) is 0.691. The van der Waals surface area contributed by atoms with Gasteiger partial charge in [-0.05, 0) is 46.5 Å². The van der Waals surface area contributed by atoms with Crippen LogP contribution in [-0.4, -0.2) is 6.61 Å². The average molecular weight is 306 g/mol. The molecule has 0 spiro atoms. The van der Waals surface area contributed by atoms with Gasteiger partial charge in [-0.3, -0.25) is 0 Å². The van der Waals surface area contributed by atoms with E-state index >= 15 is 0 Å². The number of aryl methyl sites for hydroxylation is 1. The van der Waals surface area contributed by atoms with Gasteiger partial charge in [0.05, 0.1) is 11.1 Å². The smallest absolute Gasteiger partial charge is 0.135 e. The van der Waals surface area contributed by atoms with Gasteiger partial charge in [0.2, 0.25) is 0 Å². The van der Waals surface area contributed by atoms with Crippen LogP contribution in [0.5, 0.6) is 5.75 Å². The Labute approximate surface area is 116 Å². The van der Waals surface area contributed by atoms with E-state index in [9.17, 15) is 0 Å². The molecule has 0 aliphatic carbocycles. The average Bonchev–Trinajstić information content (AvgIpc) is 2.40. The second-order valence-electron chi connectivity index (χ2n) is 4.13. The van der Waals surface area contributed by atoms with Gasteiger partial charge in [0.15, 0.2) is 0 Å². The van der Waals surface area contributed by atoms with Crippen LogP contribution in [0, 0.1) is 0 Å². The third-order valence-electron chi connectivity index (χ3n) is 2.67. The first-order chi connectivity index (χ1) is 8.75. The summed E-state index contributed by atoms with van der Waals surface area (Å²) in [6.07, 6.45) is 2.02. The molecule has 2 rings (SSSR count). The maximum Gasteiger partial charge on any atom is 0.135 e. The fourth-order valence-electron chi connectivity index (χ4n) is 1.73. The molecule has 2 aromatic carbocycles. The van der Waals surface area contributed by atoms with Crippen LogP contribution in [-0.2, 0) is 6.42 Å². The first-order valence-corrected chi connectivity index (χ1v) is 6.77. The fourth-order valence-corrected chi connectivity index (χ4v) is 2.09. The number of benzene rings is 2. The Balaban J connectivity index is 1.80. The second-order valence-corrected chi connectivity index (χ2v) is 4.98. The van der Waals surface area contributed by atoms with E-state index in [1.54, 1.807) is 0 Å². The predicted molar refractivity (Wildman–Crippen MR) is 78.8 cm³/mol. The van der Waals surface area contributed by atoms with Crippen molar-refractivity contribution in [3.63, 3.8) is 0 Å². The number of hydrogen-bond acceptors (Lipinski definition) is 2. The molecule has 0 saturated carbocycles. The highest BCUT2D eigenvalue weighted by Crippen LogP contribution is 2.27. The lowest BCUT2D eigenvalue weighted by molar-refractivity contribution is 0.309. The van der Waals surface area contributed by atoms with Crippen LogP contribution in [0.3, 0.4) is 0 Å². The predicted octanol–water partition coefficient (Wildman–Crippen LogP) is 4.04. The zero-order chi connectivity index (χ0) is 12.8. The summed E-state index contributed by atoms with van der Waals surface area (Å²) in [6, 6.07) is 16.0. The third kappa shape index (κ3) is 3.77. The number of hydrogen-bond donors (Lipinski definition) is 1. The molecule has 2 aromatic rings. The number of rotatable bonds is 5. The first-order valence-electron chi connectivity index (χ1n) is 5.97. The van der Waals surface area contributed by atoms with Gasteiger partial charge in [0, 0.05) is 11.8 Å². The van der Waals surface area contributed by atoms with Gasteiger partial charge in [-0.1, -0.05) is 30.3 Å². The summed E-state index contributed by atoms with van der Waals surface area (Å²) in [4.78, 5) is 0. The van der Waals surface area contributed by atoms with Gasteiger partial charge in [0.1, 0.15) is 5.75 Å². The normalized spacial score (nSPS) is 10.3. The van der Waals surface area contributed by atoms with E-state index in [0.29, 0.717) is 6.61 Å². The monoisotopic (exact) mass is 305 g/mol. The molecule has 0 heterocycles. The van der Waals surface area contributed by atoms with Crippen LogP contribution in [0.25, 0.3) is 0 Å². The quantitative estimate of drug-likeness (QED) is 0.668. The molecule has 2 nitrogen and oxygen atoms in total. The molecule has 0 amide bonds. The molecule has 0 bridgehead atoms. The molecule has 0 atom stereocenters. The van der Waals surface area contributed by atoms with Crippen molar-refractivity contribution in [2.75, 3.05) is 12.3 Å². The van der Waals surface area contributed by atoms with Crippen molar-refractivity contribution in [2.45, 2.75) is 12.8 Å². The van der Waals surface area contributed by atoms with Crippen molar-refractivity contribution in [1.82, 2.24) is 0 Å². The SMILES string of the molecule is Nc1ccc(Br)c(OCCCc2ccccc2)c1. The summed E-state index contributed by atoms with van der Waals surface area (Å²) in [7, 11) is 0. The van der Waals surface area contributed by atoms with Gasteiger partial charge < -0.3 is 10.5 Å². The van der Waals surface area contributed by atoms with Gasteiger partial charge in [-0.15, -0.1) is 0 Å². The molecule has 0 fully saturated rings. The lowest BCUT2D eigenvalue weighted by Gasteiger charge is -2.08. The van der Waals surface area contributed by atoms with Gasteiger partial charge in [-0.25, -0.2) is 0 Å². The second kappa shape index (κ2) is 6.45. The Bertz CT molecular complexity index is 499. The number of anilines is 1. The number of ether oxygens (including phenoxy) is 1. The van der Waals surface area contributed by atoms with Crippen LogP contribution in [0.15, 0.2) is 53.0 Å². The lowest BCUT2D eigenvalue weighted by Crippen LogP contribution is -2.00. The van der Waals surface area contributed by atoms with Crippen LogP contribution in [0.1, 0.15) is 12.0 Å². The Kier molecular flexibility index (Phi) is 4.65. The highest BCUT2D eigenvalue weighted by atomic mass is 79.9. The molecule has 0 saturated heterocycles. The van der Waals surface area contributed by atoms with Gasteiger partial charge in [0.25, 0.3) is 0 Å². The first kappa shape index (κ1) is 13.0. The summed E-state index contributed by atoms with van der Waals surface area (Å²) in [5, 5.41) is 0. The number of nitrogen functional groups attached to an aromatic ring is 1. The van der Waals surface area contributed by atoms with Crippen molar-refractivity contribution in [1.29, 1.82) is 0 Å². The Morgan fingerprint density at radius 3 is 2.61 bits per heavy atom. The van der Waals surface area contributed by atoms with E-state index < -0.39 is 0 Å². The number of nitrogens with two attached hydrogens (primary N) is 1. The Morgan fingerprint density at radius 1 is 1.06 bits per heavy atom. The minimum Gasteiger partial charge on any atom is -0.492 e. The lowest BCUT2D eigenvalue weighted by atomic mass is 10.1. The van der Waals surface area contributed by atoms with Crippen molar-refractivity contribution in [3.8, 4) is 5.75 Å². The third-order valence-corrected chi connectivity index (χ3v) is 3.32. The summed E-state index contributed by atoms with van der Waals surface area (Å²) in [5.74, 6) is 0.808. The summed E-state index contributed by atoms with van der Waals surface area (Å²) < 4.78 is 6.65. The van der Waals surface area contributed by atoms with Crippen molar-refractivity contribution in [3.05, 3.63) is 58.6 Å². The Morgan fingerprint density at radius 2 is 1.83 bits per heavy atom. The molecule has 0 unspecified atom stereocenters. The molecule has 3 heteroatoms. The van der Waals surface area contributed by atoms with Gasteiger partial charge >= 0.3 is 0 Å². The van der Waals surface area contributed by atoms with E-state index in [-0.39, 0.29) is 0 Å². The van der Waals surface area contributed by atoms with Crippen molar-refractivity contribution >= 4 is 21.6 Å². The maximum atomic E-state index is 5.72. The van der Waals surface area contributed by atoms with E-state index in [2.05, 4.69) is 40.2 Å². The topological polar surface area (TPSA) is 35.2 Å². The molecule has 0 aromatic heterocycles. The molecular formula is C15H16BrNO. The number of halogens is 1. The minimum absolute atomic E-state index is 0.691. The van der Waals surface area contributed by atoms with Crippen LogP contribution in [0.2, 0.25) is 0 Å². The highest BCUT2D eigenvalue weighted by molar-refractivity contribution is 9.10. The van der Waals surface area contributed by atoms with Crippen molar-refractivity contribution < 1.29 is 4.74 Å². The molecule has 0 aliphatic rings. The molecule has 94 valence electrons. The maximum absolute atomic E-state index is 5.72. The van der Waals surface area contributed by atoms with E-state index in [1.165, 1.54) is 5.56 Å². The van der Waals surface area contributed by atoms with Crippen LogP contribution < -0.4 is 10.5 Å². The zero-order valence-electron chi connectivity index (χ0n) is 10.1. The van der Waals surface area contributed by atoms with E-state index in [1.807, 2.05) is 24.3 Å². The highest BCUT2D eigenvalue weighted by Gasteiger charge is 2.01. The van der Waals surface area contributed by atoms with E-state index in [0.717, 1.165) is 28.8 Å². The molecule has 0 radical (unpaired) electrons. The fraction of sp³-hybridized carbons (Fsp3) is 0.200. The summed E-state index contributed by atoms with van der Waals surface area (Å²) in [5.41, 5.74) is 7.78. The van der Waals surface area contributed by atoms with Crippen LogP contribution in [0.4, 0.5) is 5.69 Å². The Hall–Kier alpha value is -1.48. The van der Waals surface area contributed by atoms with E-state index in [4.69, 9.17) is 10.5 Å². The largest absolute Gasteiger partial charge is 0.492 e. The molecule has 2 N–H and O–H groups in total. The van der Waals surface area contributed by atoms with Crippen LogP contribution >= 0.6 is 15.9 Å². The zero-order valence-corrected chi connectivity index (χ0v) is 11.7. The van der Waals surface area contributed by atoms with Gasteiger partial charge in [-0.2, -0.15) is 0 Å². The minimum atomic E-state index is 0.691. The molecule has 0 aliphatic heterocycles.